The van der Waals surface area contributed by atoms with E-state index in [4.69, 9.17) is 0 Å². The van der Waals surface area contributed by atoms with Crippen LogP contribution in [0.5, 0.6) is 0 Å². The summed E-state index contributed by atoms with van der Waals surface area (Å²) >= 11 is 0. The van der Waals surface area contributed by atoms with Crippen molar-refractivity contribution in [2.45, 2.75) is 26.4 Å². The Morgan fingerprint density at radius 2 is 2.08 bits per heavy atom. The molecule has 0 saturated heterocycles. The molecule has 0 amide bonds. The molecule has 0 aliphatic rings. The highest BCUT2D eigenvalue weighted by atomic mass is 17.0. The van der Waals surface area contributed by atoms with E-state index in [0.29, 0.717) is 0 Å². The highest BCUT2D eigenvalue weighted by Gasteiger charge is 2.15. The monoisotopic (exact) mass is 176 g/mol. The van der Waals surface area contributed by atoms with E-state index in [1.54, 1.807) is 13.8 Å². The smallest absolute Gasteiger partial charge is 0.295 e. The van der Waals surface area contributed by atoms with E-state index in [2.05, 4.69) is 4.84 Å². The van der Waals surface area contributed by atoms with Gasteiger partial charge in [0, 0.05) is 0 Å². The number of carboxylic acids is 1. The first-order valence-corrected chi connectivity index (χ1v) is 3.45. The van der Waals surface area contributed by atoms with E-state index in [9.17, 15) is 20.0 Å². The highest BCUT2D eigenvalue weighted by molar-refractivity contribution is 5.69. The molecule has 0 aromatic rings. The van der Waals surface area contributed by atoms with Crippen molar-refractivity contribution in [1.29, 1.82) is 0 Å². The number of carbonyl (C=O) groups is 1. The first-order chi connectivity index (χ1) is 5.43. The molecule has 6 nitrogen and oxygen atoms in total. The fourth-order valence-electron chi connectivity index (χ4n) is 0.714. The Kier molecular flexibility index (Phi) is 4.03. The van der Waals surface area contributed by atoms with Gasteiger partial charge in [0.25, 0.3) is 5.09 Å². The molecule has 0 N–H and O–H groups in total. The van der Waals surface area contributed by atoms with Crippen molar-refractivity contribution >= 4 is 5.97 Å². The summed E-state index contributed by atoms with van der Waals surface area (Å²) < 4.78 is 0. The van der Waals surface area contributed by atoms with Gasteiger partial charge in [0.05, 0.1) is 5.97 Å². The van der Waals surface area contributed by atoms with Crippen molar-refractivity contribution < 1.29 is 19.8 Å². The van der Waals surface area contributed by atoms with E-state index in [-0.39, 0.29) is 12.3 Å². The Morgan fingerprint density at radius 1 is 1.58 bits per heavy atom. The number of aliphatic carboxylic acids is 1. The maximum Gasteiger partial charge on any atom is 0.295 e. The van der Waals surface area contributed by atoms with Gasteiger partial charge in [0.1, 0.15) is 6.10 Å². The van der Waals surface area contributed by atoms with Crippen LogP contribution in [-0.2, 0) is 9.63 Å². The van der Waals surface area contributed by atoms with Gasteiger partial charge < -0.3 is 14.7 Å². The minimum atomic E-state index is -1.56. The van der Waals surface area contributed by atoms with Crippen molar-refractivity contribution in [3.05, 3.63) is 10.1 Å². The first kappa shape index (κ1) is 10.7. The lowest BCUT2D eigenvalue weighted by Gasteiger charge is -2.17. The van der Waals surface area contributed by atoms with Crippen LogP contribution in [-0.4, -0.2) is 17.2 Å². The summed E-state index contributed by atoms with van der Waals surface area (Å²) in [6, 6.07) is 0. The quantitative estimate of drug-likeness (QED) is 0.410. The lowest BCUT2D eigenvalue weighted by Crippen LogP contribution is -2.39. The zero-order chi connectivity index (χ0) is 9.72. The number of nitrogens with zero attached hydrogens (tertiary/aromatic N) is 1. The molecule has 1 unspecified atom stereocenters. The highest BCUT2D eigenvalue weighted by Crippen LogP contribution is 2.07. The van der Waals surface area contributed by atoms with Gasteiger partial charge in [-0.3, -0.25) is 0 Å². The van der Waals surface area contributed by atoms with Crippen molar-refractivity contribution in [3.8, 4) is 0 Å². The molecule has 0 aliphatic heterocycles. The number of carbonyl (C=O) groups excluding carboxylic acids is 1. The van der Waals surface area contributed by atoms with Crippen LogP contribution >= 0.6 is 0 Å². The summed E-state index contributed by atoms with van der Waals surface area (Å²) in [5.74, 6) is -1.55. The van der Waals surface area contributed by atoms with Crippen molar-refractivity contribution in [2.75, 3.05) is 0 Å². The van der Waals surface area contributed by atoms with Gasteiger partial charge >= 0.3 is 0 Å². The Balaban J connectivity index is 4.04. The molecular weight excluding hydrogens is 166 g/mol. The fourth-order valence-corrected chi connectivity index (χ4v) is 0.714. The zero-order valence-electron chi connectivity index (χ0n) is 6.85. The van der Waals surface area contributed by atoms with E-state index >= 15 is 0 Å². The largest absolute Gasteiger partial charge is 0.548 e. The van der Waals surface area contributed by atoms with Crippen LogP contribution in [0.4, 0.5) is 0 Å². The van der Waals surface area contributed by atoms with Crippen molar-refractivity contribution in [1.82, 2.24) is 0 Å². The third kappa shape index (κ3) is 4.48. The van der Waals surface area contributed by atoms with Gasteiger partial charge in [-0.25, -0.2) is 0 Å². The van der Waals surface area contributed by atoms with Gasteiger partial charge in [-0.15, -0.1) is 10.1 Å². The average Bonchev–Trinajstić information content (AvgIpc) is 1.83. The second-order valence-corrected chi connectivity index (χ2v) is 2.77. The molecule has 70 valence electrons. The number of hydrogen-bond donors (Lipinski definition) is 0. The van der Waals surface area contributed by atoms with Gasteiger partial charge in [-0.1, -0.05) is 13.8 Å². The van der Waals surface area contributed by atoms with Crippen LogP contribution in [0, 0.1) is 16.0 Å². The molecule has 0 spiro atoms. The SMILES string of the molecule is CC(C)CC(O[N+](=O)[O-])C(=O)[O-]. The van der Waals surface area contributed by atoms with Crippen molar-refractivity contribution in [2.24, 2.45) is 5.92 Å². The Bertz CT molecular complexity index is 179. The molecule has 1 atom stereocenters. The predicted octanol–water partition coefficient (Wildman–Crippen LogP) is -0.641. The molecule has 6 heteroatoms. The molecule has 0 rings (SSSR count). The second-order valence-electron chi connectivity index (χ2n) is 2.77. The van der Waals surface area contributed by atoms with E-state index in [1.807, 2.05) is 0 Å². The average molecular weight is 176 g/mol. The molecule has 12 heavy (non-hydrogen) atoms. The maximum atomic E-state index is 10.2. The molecule has 0 bridgehead atoms. The molecule has 0 aromatic heterocycles. The summed E-state index contributed by atoms with van der Waals surface area (Å²) in [4.78, 5) is 23.9. The topological polar surface area (TPSA) is 92.5 Å². The van der Waals surface area contributed by atoms with Crippen LogP contribution < -0.4 is 5.11 Å². The second kappa shape index (κ2) is 4.53. The lowest BCUT2D eigenvalue weighted by molar-refractivity contribution is -0.766. The minimum Gasteiger partial charge on any atom is -0.548 e. The Labute approximate surface area is 69.2 Å². The Morgan fingerprint density at radius 3 is 2.33 bits per heavy atom. The van der Waals surface area contributed by atoms with E-state index < -0.39 is 17.2 Å². The summed E-state index contributed by atoms with van der Waals surface area (Å²) in [6.07, 6.45) is -1.39. The lowest BCUT2D eigenvalue weighted by atomic mass is 10.1. The maximum absolute atomic E-state index is 10.2. The minimum absolute atomic E-state index is 0.00727. The molecule has 0 saturated carbocycles. The summed E-state index contributed by atoms with van der Waals surface area (Å²) in [5, 5.41) is 18.9. The molecule has 0 aromatic carbocycles. The van der Waals surface area contributed by atoms with E-state index in [0.717, 1.165) is 0 Å². The fraction of sp³-hybridized carbons (Fsp3) is 0.833. The number of hydrogen-bond acceptors (Lipinski definition) is 5. The van der Waals surface area contributed by atoms with Gasteiger partial charge in [0.2, 0.25) is 0 Å². The first-order valence-electron chi connectivity index (χ1n) is 3.45. The predicted molar refractivity (Wildman–Crippen MR) is 36.3 cm³/mol. The van der Waals surface area contributed by atoms with E-state index in [1.165, 1.54) is 0 Å². The summed E-state index contributed by atoms with van der Waals surface area (Å²) in [5.41, 5.74) is 0. The van der Waals surface area contributed by atoms with Crippen LogP contribution in [0.1, 0.15) is 20.3 Å². The third-order valence-corrected chi connectivity index (χ3v) is 1.16. The van der Waals surface area contributed by atoms with Gasteiger partial charge in [-0.2, -0.15) is 0 Å². The van der Waals surface area contributed by atoms with Crippen LogP contribution in [0.3, 0.4) is 0 Å². The third-order valence-electron chi connectivity index (χ3n) is 1.16. The molecule has 0 fully saturated rings. The molecular formula is C6H10NO5-. The standard InChI is InChI=1S/C6H11NO5/c1-4(2)3-5(6(8)9)12-7(10)11/h4-5H,3H2,1-2H3,(H,8,9)/p-1. The van der Waals surface area contributed by atoms with Crippen LogP contribution in [0.15, 0.2) is 0 Å². The summed E-state index contributed by atoms with van der Waals surface area (Å²) in [6.45, 7) is 3.47. The Hall–Kier alpha value is -1.33. The molecule has 0 heterocycles. The van der Waals surface area contributed by atoms with Crippen LogP contribution in [0.25, 0.3) is 0 Å². The number of carboxylic acid groups (broad SMARTS) is 1. The van der Waals surface area contributed by atoms with Crippen molar-refractivity contribution in [3.63, 3.8) is 0 Å². The van der Waals surface area contributed by atoms with Crippen LogP contribution in [0.2, 0.25) is 0 Å². The zero-order valence-corrected chi connectivity index (χ0v) is 6.85. The number of rotatable bonds is 5. The summed E-state index contributed by atoms with van der Waals surface area (Å²) in [7, 11) is 0. The molecule has 0 aliphatic carbocycles. The van der Waals surface area contributed by atoms with Gasteiger partial charge in [-0.05, 0) is 12.3 Å². The normalized spacial score (nSPS) is 12.6. The molecule has 0 radical (unpaired) electrons. The van der Waals surface area contributed by atoms with Gasteiger partial charge in [0.15, 0.2) is 0 Å².